The Morgan fingerprint density at radius 1 is 1.56 bits per heavy atom. The topological polar surface area (TPSA) is 43.2 Å². The van der Waals surface area contributed by atoms with Crippen LogP contribution in [0.4, 0.5) is 5.82 Å². The summed E-state index contributed by atoms with van der Waals surface area (Å²) in [5.74, 6) is 0.920. The van der Waals surface area contributed by atoms with Crippen LogP contribution >= 0.6 is 0 Å². The lowest BCUT2D eigenvalue weighted by atomic mass is 10.2. The van der Waals surface area contributed by atoms with E-state index in [1.807, 2.05) is 6.07 Å². The Hall–Kier alpha value is -1.60. The van der Waals surface area contributed by atoms with Crippen molar-refractivity contribution in [2.45, 2.75) is 12.5 Å². The molecule has 2 heterocycles. The van der Waals surface area contributed by atoms with Crippen LogP contribution in [0.25, 0.3) is 0 Å². The molecule has 84 valence electrons. The van der Waals surface area contributed by atoms with E-state index in [2.05, 4.69) is 34.9 Å². The number of hydrogen-bond acceptors (Lipinski definition) is 4. The Kier molecular flexibility index (Phi) is 3.07. The molecule has 0 amide bonds. The molecule has 1 aromatic heterocycles. The molecule has 4 nitrogen and oxygen atoms in total. The largest absolute Gasteiger partial charge is 0.355 e. The summed E-state index contributed by atoms with van der Waals surface area (Å²) in [5.41, 5.74) is 0.679. The Balaban J connectivity index is 2.12. The fourth-order valence-corrected chi connectivity index (χ4v) is 2.03. The first-order valence-corrected chi connectivity index (χ1v) is 5.48. The Bertz CT molecular complexity index is 408. The molecule has 0 aromatic carbocycles. The molecule has 4 heteroatoms. The third-order valence-electron chi connectivity index (χ3n) is 3.09. The maximum absolute atomic E-state index is 8.84. The van der Waals surface area contributed by atoms with E-state index in [-0.39, 0.29) is 0 Å². The van der Waals surface area contributed by atoms with E-state index in [9.17, 15) is 0 Å². The Labute approximate surface area is 96.1 Å². The van der Waals surface area contributed by atoms with Gasteiger partial charge in [0.05, 0.1) is 11.6 Å². The molecule has 1 fully saturated rings. The predicted octanol–water partition coefficient (Wildman–Crippen LogP) is 1.09. The maximum atomic E-state index is 8.84. The van der Waals surface area contributed by atoms with E-state index in [1.165, 1.54) is 0 Å². The highest BCUT2D eigenvalue weighted by Gasteiger charge is 2.24. The van der Waals surface area contributed by atoms with Gasteiger partial charge in [-0.2, -0.15) is 5.26 Å². The second-order valence-electron chi connectivity index (χ2n) is 4.37. The van der Waals surface area contributed by atoms with Crippen LogP contribution in [0.1, 0.15) is 12.0 Å². The lowest BCUT2D eigenvalue weighted by Crippen LogP contribution is -2.31. The second-order valence-corrected chi connectivity index (χ2v) is 4.37. The minimum atomic E-state index is 0.590. The predicted molar refractivity (Wildman–Crippen MR) is 63.3 cm³/mol. The molecule has 1 atom stereocenters. The van der Waals surface area contributed by atoms with Crippen LogP contribution in [0.3, 0.4) is 0 Å². The maximum Gasteiger partial charge on any atom is 0.129 e. The van der Waals surface area contributed by atoms with Crippen molar-refractivity contribution < 1.29 is 0 Å². The van der Waals surface area contributed by atoms with Gasteiger partial charge in [0.15, 0.2) is 0 Å². The zero-order valence-electron chi connectivity index (χ0n) is 9.72. The Morgan fingerprint density at radius 2 is 2.38 bits per heavy atom. The van der Waals surface area contributed by atoms with E-state index >= 15 is 0 Å². The molecule has 0 saturated carbocycles. The van der Waals surface area contributed by atoms with Crippen molar-refractivity contribution in [2.75, 3.05) is 32.1 Å². The van der Waals surface area contributed by atoms with E-state index in [0.29, 0.717) is 11.6 Å². The fourth-order valence-electron chi connectivity index (χ4n) is 2.03. The van der Waals surface area contributed by atoms with Gasteiger partial charge in [-0.25, -0.2) is 4.98 Å². The molecule has 1 unspecified atom stereocenters. The normalized spacial score (nSPS) is 20.1. The zero-order chi connectivity index (χ0) is 11.5. The van der Waals surface area contributed by atoms with Gasteiger partial charge >= 0.3 is 0 Å². The molecule has 1 saturated heterocycles. The third kappa shape index (κ3) is 2.15. The molecule has 0 spiro atoms. The quantitative estimate of drug-likeness (QED) is 0.742. The molecule has 16 heavy (non-hydrogen) atoms. The number of hydrogen-bond donors (Lipinski definition) is 0. The zero-order valence-corrected chi connectivity index (χ0v) is 9.72. The Morgan fingerprint density at radius 3 is 3.00 bits per heavy atom. The van der Waals surface area contributed by atoms with Crippen LogP contribution in [0.2, 0.25) is 0 Å². The molecule has 1 aliphatic heterocycles. The first kappa shape index (κ1) is 10.9. The van der Waals surface area contributed by atoms with E-state index in [1.54, 1.807) is 12.3 Å². The number of nitrogens with zero attached hydrogens (tertiary/aromatic N) is 4. The van der Waals surface area contributed by atoms with Crippen molar-refractivity contribution in [1.82, 2.24) is 9.88 Å². The van der Waals surface area contributed by atoms with Crippen LogP contribution < -0.4 is 4.90 Å². The van der Waals surface area contributed by atoms with E-state index in [0.717, 1.165) is 25.3 Å². The van der Waals surface area contributed by atoms with Gasteiger partial charge in [0, 0.05) is 25.3 Å². The summed E-state index contributed by atoms with van der Waals surface area (Å²) in [6.45, 7) is 2.01. The molecule has 1 aromatic rings. The van der Waals surface area contributed by atoms with Gasteiger partial charge in [-0.05, 0) is 32.6 Å². The van der Waals surface area contributed by atoms with Crippen molar-refractivity contribution in [3.05, 3.63) is 23.9 Å². The SMILES string of the molecule is CN(C)C1CCN(c2cc(C#N)ccn2)C1. The van der Waals surface area contributed by atoms with Gasteiger partial charge in [0.25, 0.3) is 0 Å². The van der Waals surface area contributed by atoms with Crippen molar-refractivity contribution in [1.29, 1.82) is 5.26 Å². The van der Waals surface area contributed by atoms with Crippen molar-refractivity contribution in [3.63, 3.8) is 0 Å². The summed E-state index contributed by atoms with van der Waals surface area (Å²) in [4.78, 5) is 8.81. The average Bonchev–Trinajstić information content (AvgIpc) is 2.78. The van der Waals surface area contributed by atoms with Crippen LogP contribution in [-0.4, -0.2) is 43.1 Å². The summed E-state index contributed by atoms with van der Waals surface area (Å²) >= 11 is 0. The van der Waals surface area contributed by atoms with Gasteiger partial charge in [0.1, 0.15) is 5.82 Å². The summed E-state index contributed by atoms with van der Waals surface area (Å²) < 4.78 is 0. The van der Waals surface area contributed by atoms with Gasteiger partial charge < -0.3 is 9.80 Å². The number of pyridine rings is 1. The van der Waals surface area contributed by atoms with E-state index < -0.39 is 0 Å². The number of rotatable bonds is 2. The van der Waals surface area contributed by atoms with Crippen LogP contribution in [-0.2, 0) is 0 Å². The summed E-state index contributed by atoms with van der Waals surface area (Å²) in [7, 11) is 4.21. The second kappa shape index (κ2) is 4.50. The first-order chi connectivity index (χ1) is 7.70. The first-order valence-electron chi connectivity index (χ1n) is 5.48. The lowest BCUT2D eigenvalue weighted by Gasteiger charge is -2.21. The number of nitriles is 1. The molecule has 0 bridgehead atoms. The smallest absolute Gasteiger partial charge is 0.129 e. The van der Waals surface area contributed by atoms with Gasteiger partial charge in [-0.3, -0.25) is 0 Å². The lowest BCUT2D eigenvalue weighted by molar-refractivity contribution is 0.315. The molecule has 1 aliphatic rings. The third-order valence-corrected chi connectivity index (χ3v) is 3.09. The van der Waals surface area contributed by atoms with Crippen molar-refractivity contribution in [2.24, 2.45) is 0 Å². The van der Waals surface area contributed by atoms with Gasteiger partial charge in [0.2, 0.25) is 0 Å². The van der Waals surface area contributed by atoms with Gasteiger partial charge in [-0.1, -0.05) is 0 Å². The molecule has 2 rings (SSSR count). The number of anilines is 1. The minimum absolute atomic E-state index is 0.590. The van der Waals surface area contributed by atoms with Gasteiger partial charge in [-0.15, -0.1) is 0 Å². The monoisotopic (exact) mass is 216 g/mol. The van der Waals surface area contributed by atoms with Crippen molar-refractivity contribution >= 4 is 5.82 Å². The number of aromatic nitrogens is 1. The fraction of sp³-hybridized carbons (Fsp3) is 0.500. The molecule has 0 radical (unpaired) electrons. The van der Waals surface area contributed by atoms with Crippen LogP contribution in [0.15, 0.2) is 18.3 Å². The van der Waals surface area contributed by atoms with Crippen molar-refractivity contribution in [3.8, 4) is 6.07 Å². The molecule has 0 aliphatic carbocycles. The summed E-state index contributed by atoms with van der Waals surface area (Å²) in [6.07, 6.45) is 2.86. The summed E-state index contributed by atoms with van der Waals surface area (Å²) in [5, 5.41) is 8.84. The standard InChI is InChI=1S/C12H16N4/c1-15(2)11-4-6-16(9-11)12-7-10(8-13)3-5-14-12/h3,5,7,11H,4,6,9H2,1-2H3. The molecule has 0 N–H and O–H groups in total. The molecular weight excluding hydrogens is 200 g/mol. The van der Waals surface area contributed by atoms with Crippen LogP contribution in [0, 0.1) is 11.3 Å². The van der Waals surface area contributed by atoms with Crippen LogP contribution in [0.5, 0.6) is 0 Å². The summed E-state index contributed by atoms with van der Waals surface area (Å²) in [6, 6.07) is 6.34. The highest BCUT2D eigenvalue weighted by Crippen LogP contribution is 2.20. The highest BCUT2D eigenvalue weighted by atomic mass is 15.3. The minimum Gasteiger partial charge on any atom is -0.355 e. The number of likely N-dealkylation sites (N-methyl/N-ethyl adjacent to an activating group) is 1. The van der Waals surface area contributed by atoms with E-state index in [4.69, 9.17) is 5.26 Å². The molecular formula is C12H16N4. The highest BCUT2D eigenvalue weighted by molar-refractivity contribution is 5.45. The average molecular weight is 216 g/mol.